The van der Waals surface area contributed by atoms with E-state index in [9.17, 15) is 4.79 Å². The van der Waals surface area contributed by atoms with Gasteiger partial charge in [0.25, 0.3) is 0 Å². The molecule has 1 aliphatic rings. The van der Waals surface area contributed by atoms with Crippen LogP contribution in [0, 0.1) is 5.92 Å². The van der Waals surface area contributed by atoms with Crippen LogP contribution in [0.2, 0.25) is 0 Å². The summed E-state index contributed by atoms with van der Waals surface area (Å²) in [6, 6.07) is 9.60. The summed E-state index contributed by atoms with van der Waals surface area (Å²) in [5, 5.41) is 13.1. The number of aromatic nitrogens is 4. The molecule has 0 saturated carbocycles. The number of fused-ring (bicyclic) bond motifs is 1. The number of para-hydroxylation sites is 1. The van der Waals surface area contributed by atoms with Gasteiger partial charge in [-0.2, -0.15) is 0 Å². The number of halogens is 1. The molecular weight excluding hydrogens is 414 g/mol. The molecule has 3 heterocycles. The molecule has 4 rings (SSSR count). The lowest BCUT2D eigenvalue weighted by molar-refractivity contribution is -0.135. The number of carbonyl (C=O) groups excluding carboxylic acids is 1. The Hall–Kier alpha value is -2.42. The maximum absolute atomic E-state index is 13.5. The van der Waals surface area contributed by atoms with Crippen LogP contribution < -0.4 is 11.1 Å². The number of benzene rings is 1. The van der Waals surface area contributed by atoms with Gasteiger partial charge in [0.05, 0.1) is 17.9 Å². The molecule has 31 heavy (non-hydrogen) atoms. The zero-order valence-electron chi connectivity index (χ0n) is 18.1. The number of hydrogen-bond acceptors (Lipinski definition) is 5. The van der Waals surface area contributed by atoms with Gasteiger partial charge in [0, 0.05) is 43.8 Å². The van der Waals surface area contributed by atoms with Crippen molar-refractivity contribution in [2.45, 2.75) is 38.8 Å². The molecule has 1 aliphatic heterocycles. The Kier molecular flexibility index (Phi) is 7.69. The van der Waals surface area contributed by atoms with Gasteiger partial charge in [-0.25, -0.2) is 4.68 Å². The molecule has 0 spiro atoms. The van der Waals surface area contributed by atoms with Crippen LogP contribution in [0.25, 0.3) is 10.9 Å². The fourth-order valence-corrected chi connectivity index (χ4v) is 3.98. The number of nitrogens with one attached hydrogen (secondary N) is 2. The van der Waals surface area contributed by atoms with E-state index >= 15 is 0 Å². The Morgan fingerprint density at radius 2 is 2.00 bits per heavy atom. The van der Waals surface area contributed by atoms with Crippen LogP contribution >= 0.6 is 12.4 Å². The normalized spacial score (nSPS) is 17.2. The van der Waals surface area contributed by atoms with Gasteiger partial charge in [0.1, 0.15) is 6.04 Å². The number of aromatic amines is 1. The van der Waals surface area contributed by atoms with E-state index in [4.69, 9.17) is 5.73 Å². The average Bonchev–Trinajstić information content (AvgIpc) is 3.43. The lowest BCUT2D eigenvalue weighted by atomic mass is 9.98. The number of piperazine rings is 1. The molecule has 168 valence electrons. The molecule has 1 saturated heterocycles. The smallest absolute Gasteiger partial charge is 0.247 e. The van der Waals surface area contributed by atoms with E-state index in [0.29, 0.717) is 25.4 Å². The molecule has 1 aromatic carbocycles. The Morgan fingerprint density at radius 3 is 2.71 bits per heavy atom. The van der Waals surface area contributed by atoms with Crippen molar-refractivity contribution in [1.82, 2.24) is 30.2 Å². The van der Waals surface area contributed by atoms with Gasteiger partial charge < -0.3 is 20.9 Å². The Bertz CT molecular complexity index is 962. The Labute approximate surface area is 189 Å². The van der Waals surface area contributed by atoms with Crippen molar-refractivity contribution >= 4 is 29.2 Å². The fourth-order valence-electron chi connectivity index (χ4n) is 3.98. The van der Waals surface area contributed by atoms with Crippen molar-refractivity contribution in [3.63, 3.8) is 0 Å². The predicted octanol–water partition coefficient (Wildman–Crippen LogP) is 2.44. The van der Waals surface area contributed by atoms with Crippen LogP contribution in [0.5, 0.6) is 0 Å². The van der Waals surface area contributed by atoms with Gasteiger partial charge in [0.15, 0.2) is 0 Å². The Morgan fingerprint density at radius 1 is 1.26 bits per heavy atom. The third kappa shape index (κ3) is 5.08. The highest BCUT2D eigenvalue weighted by Crippen LogP contribution is 2.24. The highest BCUT2D eigenvalue weighted by Gasteiger charge is 2.29. The lowest BCUT2D eigenvalue weighted by Gasteiger charge is -2.30. The monoisotopic (exact) mass is 445 g/mol. The molecule has 1 amide bonds. The number of nitrogens with two attached hydrogens (primary N) is 1. The summed E-state index contributed by atoms with van der Waals surface area (Å²) in [6.45, 7) is 7.25. The molecule has 9 heteroatoms. The molecule has 2 aromatic heterocycles. The minimum Gasteiger partial charge on any atom is -0.358 e. The van der Waals surface area contributed by atoms with Crippen molar-refractivity contribution in [2.24, 2.45) is 11.7 Å². The topological polar surface area (TPSA) is 105 Å². The van der Waals surface area contributed by atoms with E-state index < -0.39 is 6.04 Å². The molecular formula is C22H32ClN7O. The standard InChI is InChI=1S/C22H31N7O.ClH/c1-3-15(2)21(23)19-14-29(27-26-19)20(22(30)28-10-8-24-9-11-28)13-17-12-16-6-4-5-7-18(16)25-17;/h4-7,12,14-15,20-21,24-25H,3,8-11,13,23H2,1-2H3;1H/t15?,20-,21-;/m0./s1. The van der Waals surface area contributed by atoms with Crippen molar-refractivity contribution in [1.29, 1.82) is 0 Å². The van der Waals surface area contributed by atoms with Crippen LogP contribution in [0.1, 0.15) is 43.7 Å². The van der Waals surface area contributed by atoms with Gasteiger partial charge in [-0.1, -0.05) is 43.7 Å². The number of H-pyrrole nitrogens is 1. The van der Waals surface area contributed by atoms with Gasteiger partial charge in [0.2, 0.25) is 5.91 Å². The van der Waals surface area contributed by atoms with Crippen molar-refractivity contribution in [3.05, 3.63) is 47.9 Å². The first kappa shape index (κ1) is 23.2. The Balaban J connectivity index is 0.00000272. The maximum Gasteiger partial charge on any atom is 0.247 e. The SMILES string of the molecule is CCC(C)[C@H](N)c1cn([C@@H](Cc2cc3ccccc3[nH]2)C(=O)N2CCNCC2)nn1.Cl. The second-order valence-corrected chi connectivity index (χ2v) is 8.21. The van der Waals surface area contributed by atoms with Crippen LogP contribution in [0.4, 0.5) is 0 Å². The van der Waals surface area contributed by atoms with E-state index in [2.05, 4.69) is 46.6 Å². The zero-order chi connectivity index (χ0) is 21.1. The highest BCUT2D eigenvalue weighted by molar-refractivity contribution is 5.85. The van der Waals surface area contributed by atoms with Crippen LogP contribution in [-0.4, -0.2) is 57.0 Å². The largest absolute Gasteiger partial charge is 0.358 e. The molecule has 3 atom stereocenters. The van der Waals surface area contributed by atoms with E-state index in [0.717, 1.165) is 41.8 Å². The van der Waals surface area contributed by atoms with Crippen molar-refractivity contribution < 1.29 is 4.79 Å². The summed E-state index contributed by atoms with van der Waals surface area (Å²) in [6.07, 6.45) is 3.34. The van der Waals surface area contributed by atoms with Crippen LogP contribution in [0.3, 0.4) is 0 Å². The first-order chi connectivity index (χ1) is 14.6. The number of amides is 1. The fraction of sp³-hybridized carbons (Fsp3) is 0.500. The van der Waals surface area contributed by atoms with Gasteiger partial charge in [-0.3, -0.25) is 4.79 Å². The number of rotatable bonds is 7. The first-order valence-electron chi connectivity index (χ1n) is 10.8. The zero-order valence-corrected chi connectivity index (χ0v) is 18.9. The molecule has 8 nitrogen and oxygen atoms in total. The first-order valence-corrected chi connectivity index (χ1v) is 10.8. The van der Waals surface area contributed by atoms with Crippen LogP contribution in [0.15, 0.2) is 36.5 Å². The minimum atomic E-state index is -0.457. The quantitative estimate of drug-likeness (QED) is 0.518. The molecule has 4 N–H and O–H groups in total. The third-order valence-corrected chi connectivity index (χ3v) is 6.16. The second kappa shape index (κ2) is 10.3. The molecule has 1 fully saturated rings. The minimum absolute atomic E-state index is 0. The number of carbonyl (C=O) groups is 1. The van der Waals surface area contributed by atoms with Gasteiger partial charge in [-0.05, 0) is 23.4 Å². The summed E-state index contributed by atoms with van der Waals surface area (Å²) in [4.78, 5) is 18.8. The summed E-state index contributed by atoms with van der Waals surface area (Å²) in [5.74, 6) is 0.370. The van der Waals surface area contributed by atoms with Crippen LogP contribution in [-0.2, 0) is 11.2 Å². The number of hydrogen-bond donors (Lipinski definition) is 3. The predicted molar refractivity (Wildman–Crippen MR) is 124 cm³/mol. The molecule has 0 radical (unpaired) electrons. The maximum atomic E-state index is 13.5. The van der Waals surface area contributed by atoms with E-state index in [1.807, 2.05) is 29.3 Å². The van der Waals surface area contributed by atoms with E-state index in [-0.39, 0.29) is 24.4 Å². The molecule has 3 aromatic rings. The lowest BCUT2D eigenvalue weighted by Crippen LogP contribution is -2.49. The molecule has 0 bridgehead atoms. The third-order valence-electron chi connectivity index (χ3n) is 6.16. The van der Waals surface area contributed by atoms with Crippen molar-refractivity contribution in [2.75, 3.05) is 26.2 Å². The summed E-state index contributed by atoms with van der Waals surface area (Å²) >= 11 is 0. The van der Waals surface area contributed by atoms with Crippen molar-refractivity contribution in [3.8, 4) is 0 Å². The highest BCUT2D eigenvalue weighted by atomic mass is 35.5. The summed E-state index contributed by atoms with van der Waals surface area (Å²) < 4.78 is 1.70. The molecule has 0 aliphatic carbocycles. The van der Waals surface area contributed by atoms with E-state index in [1.165, 1.54) is 0 Å². The number of nitrogens with zero attached hydrogens (tertiary/aromatic N) is 4. The van der Waals surface area contributed by atoms with Gasteiger partial charge >= 0.3 is 0 Å². The summed E-state index contributed by atoms with van der Waals surface area (Å²) in [7, 11) is 0. The van der Waals surface area contributed by atoms with Gasteiger partial charge in [-0.15, -0.1) is 17.5 Å². The van der Waals surface area contributed by atoms with E-state index in [1.54, 1.807) is 4.68 Å². The second-order valence-electron chi connectivity index (χ2n) is 8.21. The summed E-state index contributed by atoms with van der Waals surface area (Å²) in [5.41, 5.74) is 9.17. The average molecular weight is 446 g/mol. The molecule has 1 unspecified atom stereocenters.